The molecule has 0 bridgehead atoms. The van der Waals surface area contributed by atoms with Crippen molar-refractivity contribution in [1.82, 2.24) is 0 Å². The van der Waals surface area contributed by atoms with Crippen molar-refractivity contribution >= 4 is 11.9 Å². The van der Waals surface area contributed by atoms with Crippen LogP contribution in [0, 0.1) is 22.7 Å². The second-order valence-electron chi connectivity index (χ2n) is 8.05. The lowest BCUT2D eigenvalue weighted by Gasteiger charge is -2.59. The Bertz CT molecular complexity index is 663. The van der Waals surface area contributed by atoms with Gasteiger partial charge < -0.3 is 20.4 Å². The molecule has 1 unspecified atom stereocenters. The molecule has 2 aliphatic rings. The van der Waals surface area contributed by atoms with Crippen molar-refractivity contribution in [2.45, 2.75) is 45.6 Å². The van der Waals surface area contributed by atoms with E-state index in [4.69, 9.17) is 5.11 Å². The highest BCUT2D eigenvalue weighted by molar-refractivity contribution is 5.97. The van der Waals surface area contributed by atoms with Crippen LogP contribution >= 0.6 is 0 Å². The van der Waals surface area contributed by atoms with Crippen LogP contribution in [0.1, 0.15) is 39.5 Å². The van der Waals surface area contributed by atoms with Gasteiger partial charge in [0, 0.05) is 17.4 Å². The fourth-order valence-electron chi connectivity index (χ4n) is 5.01. The molecule has 0 aliphatic heterocycles. The van der Waals surface area contributed by atoms with E-state index in [0.29, 0.717) is 12.5 Å². The number of aliphatic carboxylic acids is 2. The first-order chi connectivity index (χ1) is 12.1. The molecule has 26 heavy (non-hydrogen) atoms. The number of aliphatic hydroxyl groups is 2. The first-order valence-corrected chi connectivity index (χ1v) is 8.89. The van der Waals surface area contributed by atoms with Gasteiger partial charge in [0.05, 0.1) is 18.3 Å². The highest BCUT2D eigenvalue weighted by Crippen LogP contribution is 2.61. The van der Waals surface area contributed by atoms with Gasteiger partial charge in [-0.3, -0.25) is 0 Å². The van der Waals surface area contributed by atoms with Crippen molar-refractivity contribution in [3.63, 3.8) is 0 Å². The maximum atomic E-state index is 11.3. The first-order valence-electron chi connectivity index (χ1n) is 8.89. The monoisotopic (exact) mass is 364 g/mol. The molecule has 2 rings (SSSR count). The molecule has 0 aromatic heterocycles. The second-order valence-corrected chi connectivity index (χ2v) is 8.05. The lowest BCUT2D eigenvalue weighted by Crippen LogP contribution is -2.57. The van der Waals surface area contributed by atoms with Gasteiger partial charge in [0.2, 0.25) is 0 Å². The van der Waals surface area contributed by atoms with Crippen LogP contribution in [0.2, 0.25) is 0 Å². The Morgan fingerprint density at radius 2 is 1.92 bits per heavy atom. The van der Waals surface area contributed by atoms with Gasteiger partial charge in [-0.15, -0.1) is 0 Å². The molecule has 0 aromatic rings. The van der Waals surface area contributed by atoms with Crippen LogP contribution in [0.15, 0.2) is 36.0 Å². The molecule has 2 saturated carbocycles. The zero-order valence-corrected chi connectivity index (χ0v) is 15.3. The average molecular weight is 364 g/mol. The molecular formula is C20H28O6. The minimum atomic E-state index is -1.31. The number of hydrogen-bond acceptors (Lipinski definition) is 4. The fraction of sp³-hybridized carbons (Fsp3) is 0.600. The number of fused-ring (bicyclic) bond motifs is 1. The molecule has 6 nitrogen and oxygen atoms in total. The molecular weight excluding hydrogens is 336 g/mol. The normalized spacial score (nSPS) is 38.2. The first kappa shape index (κ1) is 20.4. The van der Waals surface area contributed by atoms with Gasteiger partial charge in [0.25, 0.3) is 0 Å². The topological polar surface area (TPSA) is 115 Å². The smallest absolute Gasteiger partial charge is 0.335 e. The van der Waals surface area contributed by atoms with E-state index in [0.717, 1.165) is 24.8 Å². The number of carbonyl (C=O) groups is 2. The lowest BCUT2D eigenvalue weighted by atomic mass is 9.46. The molecule has 2 aliphatic carbocycles. The summed E-state index contributed by atoms with van der Waals surface area (Å²) in [6.07, 6.45) is 5.97. The predicted octanol–water partition coefficient (Wildman–Crippen LogP) is 2.38. The van der Waals surface area contributed by atoms with Gasteiger partial charge in [0.15, 0.2) is 0 Å². The van der Waals surface area contributed by atoms with Crippen molar-refractivity contribution < 1.29 is 30.0 Å². The standard InChI is InChI=1S/C20H28O6/c1-12-4-7-15-19(2,9-8-16(22)20(15,3)11-21)14(12)6-5-13(18(25)26)10-17(23)24/h5-6,10,14-16,21-22H,1,4,7-9,11H2,2-3H3,(H,23,24)(H,25,26)/b6-5+,13-10-/t14-,15?,16-,19+,20+/m1/s1. The maximum absolute atomic E-state index is 11.3. The number of hydrogen-bond donors (Lipinski definition) is 4. The van der Waals surface area contributed by atoms with Crippen molar-refractivity contribution in [2.75, 3.05) is 6.61 Å². The zero-order chi connectivity index (χ0) is 19.7. The van der Waals surface area contributed by atoms with Gasteiger partial charge in [-0.05, 0) is 37.0 Å². The van der Waals surface area contributed by atoms with Crippen LogP contribution in [0.3, 0.4) is 0 Å². The predicted molar refractivity (Wildman–Crippen MR) is 96.4 cm³/mol. The van der Waals surface area contributed by atoms with Crippen LogP contribution in [0.5, 0.6) is 0 Å². The summed E-state index contributed by atoms with van der Waals surface area (Å²) in [6, 6.07) is 0. The van der Waals surface area contributed by atoms with Gasteiger partial charge in [-0.1, -0.05) is 38.2 Å². The van der Waals surface area contributed by atoms with Crippen molar-refractivity contribution in [2.24, 2.45) is 22.7 Å². The van der Waals surface area contributed by atoms with E-state index in [-0.39, 0.29) is 29.4 Å². The fourth-order valence-corrected chi connectivity index (χ4v) is 5.01. The van der Waals surface area contributed by atoms with Gasteiger partial charge >= 0.3 is 11.9 Å². The van der Waals surface area contributed by atoms with E-state index in [9.17, 15) is 24.9 Å². The van der Waals surface area contributed by atoms with Crippen molar-refractivity contribution in [3.05, 3.63) is 36.0 Å². The van der Waals surface area contributed by atoms with Crippen molar-refractivity contribution in [1.29, 1.82) is 0 Å². The molecule has 0 heterocycles. The summed E-state index contributed by atoms with van der Waals surface area (Å²) in [6.45, 7) is 8.03. The third kappa shape index (κ3) is 3.48. The summed E-state index contributed by atoms with van der Waals surface area (Å²) < 4.78 is 0. The van der Waals surface area contributed by atoms with E-state index in [1.54, 1.807) is 6.08 Å². The minimum Gasteiger partial charge on any atom is -0.478 e. The summed E-state index contributed by atoms with van der Waals surface area (Å²) >= 11 is 0. The van der Waals surface area contributed by atoms with Crippen LogP contribution in [0.4, 0.5) is 0 Å². The molecule has 6 heteroatoms. The van der Waals surface area contributed by atoms with E-state index in [2.05, 4.69) is 13.5 Å². The Hall–Kier alpha value is -1.92. The Balaban J connectivity index is 2.41. The molecule has 2 fully saturated rings. The third-order valence-corrected chi connectivity index (χ3v) is 6.55. The SMILES string of the molecule is C=C1CCC2[C@](C)(CO)[C@H](O)CC[C@@]2(C)[C@@H]1/C=C/C(=C/C(=O)O)C(=O)O. The highest BCUT2D eigenvalue weighted by atomic mass is 16.4. The Morgan fingerprint density at radius 1 is 1.27 bits per heavy atom. The largest absolute Gasteiger partial charge is 0.478 e. The molecule has 0 spiro atoms. The third-order valence-electron chi connectivity index (χ3n) is 6.55. The number of rotatable bonds is 5. The summed E-state index contributed by atoms with van der Waals surface area (Å²) in [5.41, 5.74) is -0.227. The van der Waals surface area contributed by atoms with Crippen LogP contribution in [-0.2, 0) is 9.59 Å². The van der Waals surface area contributed by atoms with Crippen LogP contribution in [0.25, 0.3) is 0 Å². The Labute approximate surface area is 153 Å². The van der Waals surface area contributed by atoms with Gasteiger partial charge in [-0.25, -0.2) is 9.59 Å². The number of aliphatic hydroxyl groups excluding tert-OH is 2. The average Bonchev–Trinajstić information content (AvgIpc) is 2.56. The lowest BCUT2D eigenvalue weighted by molar-refractivity contribution is -0.145. The quantitative estimate of drug-likeness (QED) is 0.338. The summed E-state index contributed by atoms with van der Waals surface area (Å²) in [7, 11) is 0. The Kier molecular flexibility index (Phi) is 5.78. The van der Waals surface area contributed by atoms with Crippen molar-refractivity contribution in [3.8, 4) is 0 Å². The van der Waals surface area contributed by atoms with Gasteiger partial charge in [-0.2, -0.15) is 0 Å². The van der Waals surface area contributed by atoms with Gasteiger partial charge in [0.1, 0.15) is 0 Å². The highest BCUT2D eigenvalue weighted by Gasteiger charge is 2.57. The van der Waals surface area contributed by atoms with Crippen LogP contribution < -0.4 is 0 Å². The molecule has 0 amide bonds. The molecule has 144 valence electrons. The number of carboxylic acid groups (broad SMARTS) is 2. The van der Waals surface area contributed by atoms with E-state index < -0.39 is 23.5 Å². The summed E-state index contributed by atoms with van der Waals surface area (Å²) in [5.74, 6) is -2.70. The molecule has 0 saturated heterocycles. The maximum Gasteiger partial charge on any atom is 0.335 e. The van der Waals surface area contributed by atoms with Crippen LogP contribution in [-0.4, -0.2) is 45.1 Å². The van der Waals surface area contributed by atoms with E-state index >= 15 is 0 Å². The summed E-state index contributed by atoms with van der Waals surface area (Å²) in [4.78, 5) is 22.1. The molecule has 4 N–H and O–H groups in total. The number of carboxylic acids is 2. The molecule has 0 radical (unpaired) electrons. The minimum absolute atomic E-state index is 0.0561. The number of allylic oxidation sites excluding steroid dienone is 2. The molecule has 5 atom stereocenters. The van der Waals surface area contributed by atoms with E-state index in [1.807, 2.05) is 6.92 Å². The molecule has 0 aromatic carbocycles. The zero-order valence-electron chi connectivity index (χ0n) is 15.3. The second kappa shape index (κ2) is 7.37. The van der Waals surface area contributed by atoms with E-state index in [1.165, 1.54) is 6.08 Å². The Morgan fingerprint density at radius 3 is 2.46 bits per heavy atom. The summed E-state index contributed by atoms with van der Waals surface area (Å²) in [5, 5.41) is 38.5.